The first-order chi connectivity index (χ1) is 12.4. The van der Waals surface area contributed by atoms with Gasteiger partial charge in [-0.05, 0) is 18.6 Å². The zero-order chi connectivity index (χ0) is 19.1. The van der Waals surface area contributed by atoms with Crippen LogP contribution in [0.2, 0.25) is 0 Å². The fraction of sp³-hybridized carbons (Fsp3) is 0.278. The number of hydrogen-bond donors (Lipinski definition) is 3. The lowest BCUT2D eigenvalue weighted by molar-refractivity contribution is -0.386. The van der Waals surface area contributed by atoms with Crippen molar-refractivity contribution in [2.24, 2.45) is 0 Å². The highest BCUT2D eigenvalue weighted by Gasteiger charge is 2.28. The summed E-state index contributed by atoms with van der Waals surface area (Å²) in [6, 6.07) is 13.5. The molecular weight excluding hydrogens is 340 g/mol. The number of carbonyl (C=O) groups excluding carboxylic acids is 1. The van der Waals surface area contributed by atoms with Gasteiger partial charge in [0.1, 0.15) is 18.8 Å². The molecule has 8 heteroatoms. The Morgan fingerprint density at radius 1 is 1.19 bits per heavy atom. The number of amides is 1. The van der Waals surface area contributed by atoms with Gasteiger partial charge in [-0.3, -0.25) is 10.1 Å². The van der Waals surface area contributed by atoms with Gasteiger partial charge in [0.15, 0.2) is 0 Å². The second-order valence-electron chi connectivity index (χ2n) is 5.72. The van der Waals surface area contributed by atoms with Crippen molar-refractivity contribution < 1.29 is 24.7 Å². The number of para-hydroxylation sites is 1. The van der Waals surface area contributed by atoms with E-state index in [1.54, 1.807) is 31.2 Å². The average Bonchev–Trinajstić information content (AvgIpc) is 2.64. The summed E-state index contributed by atoms with van der Waals surface area (Å²) in [4.78, 5) is 22.2. The molecule has 0 heterocycles. The molecule has 0 radical (unpaired) electrons. The highest BCUT2D eigenvalue weighted by Crippen LogP contribution is 2.30. The summed E-state index contributed by atoms with van der Waals surface area (Å²) in [7, 11) is 0. The minimum absolute atomic E-state index is 0.0121. The first kappa shape index (κ1) is 19.4. The number of nitrogens with one attached hydrogen (secondary N) is 1. The Kier molecular flexibility index (Phi) is 6.65. The molecule has 1 amide bonds. The van der Waals surface area contributed by atoms with E-state index in [1.807, 2.05) is 18.2 Å². The molecule has 138 valence electrons. The summed E-state index contributed by atoms with van der Waals surface area (Å²) < 4.78 is 4.99. The van der Waals surface area contributed by atoms with Crippen LogP contribution in [0.15, 0.2) is 48.5 Å². The smallest absolute Gasteiger partial charge is 0.407 e. The Morgan fingerprint density at radius 3 is 2.54 bits per heavy atom. The molecule has 0 fully saturated rings. The van der Waals surface area contributed by atoms with E-state index < -0.39 is 23.2 Å². The molecular formula is C18H20N2O6. The van der Waals surface area contributed by atoms with Crippen molar-refractivity contribution in [3.8, 4) is 0 Å². The maximum absolute atomic E-state index is 11.7. The molecule has 0 spiro atoms. The number of nitro benzene ring substituents is 1. The summed E-state index contributed by atoms with van der Waals surface area (Å²) in [5, 5.41) is 33.8. The summed E-state index contributed by atoms with van der Waals surface area (Å²) >= 11 is 0. The summed E-state index contributed by atoms with van der Waals surface area (Å²) in [5.74, 6) is 0. The molecule has 3 N–H and O–H groups in total. The number of hydrogen-bond acceptors (Lipinski definition) is 6. The Balaban J connectivity index is 1.91. The van der Waals surface area contributed by atoms with Crippen molar-refractivity contribution in [2.75, 3.05) is 6.54 Å². The third-order valence-corrected chi connectivity index (χ3v) is 3.80. The van der Waals surface area contributed by atoms with Crippen LogP contribution in [0, 0.1) is 17.0 Å². The standard InChI is InChI=1S/C18H20N2O6/c1-12-6-5-9-14(16(12)20(24)25)17(22)15(21)10-19-18(23)26-11-13-7-3-2-4-8-13/h2-9,15,17,21-22H,10-11H2,1H3,(H,19,23). The normalized spacial score (nSPS) is 12.9. The number of alkyl carbamates (subject to hydrolysis) is 1. The van der Waals surface area contributed by atoms with E-state index in [-0.39, 0.29) is 24.4 Å². The predicted molar refractivity (Wildman–Crippen MR) is 93.4 cm³/mol. The maximum atomic E-state index is 11.7. The van der Waals surface area contributed by atoms with Crippen LogP contribution in [0.25, 0.3) is 0 Å². The number of rotatable bonds is 7. The fourth-order valence-electron chi connectivity index (χ4n) is 2.45. The average molecular weight is 360 g/mol. The molecule has 0 aliphatic heterocycles. The van der Waals surface area contributed by atoms with Crippen molar-refractivity contribution in [3.05, 3.63) is 75.3 Å². The van der Waals surface area contributed by atoms with Crippen molar-refractivity contribution in [3.63, 3.8) is 0 Å². The van der Waals surface area contributed by atoms with E-state index in [0.29, 0.717) is 5.56 Å². The Bertz CT molecular complexity index is 766. The minimum atomic E-state index is -1.52. The SMILES string of the molecule is Cc1cccc(C(O)C(O)CNC(=O)OCc2ccccc2)c1[N+](=O)[O-]. The van der Waals surface area contributed by atoms with Crippen LogP contribution in [0.1, 0.15) is 22.8 Å². The van der Waals surface area contributed by atoms with Gasteiger partial charge < -0.3 is 20.3 Å². The van der Waals surface area contributed by atoms with E-state index in [1.165, 1.54) is 6.07 Å². The molecule has 8 nitrogen and oxygen atoms in total. The fourth-order valence-corrected chi connectivity index (χ4v) is 2.45. The first-order valence-corrected chi connectivity index (χ1v) is 7.94. The van der Waals surface area contributed by atoms with Gasteiger partial charge in [0.25, 0.3) is 5.69 Å². The van der Waals surface area contributed by atoms with Crippen LogP contribution < -0.4 is 5.32 Å². The van der Waals surface area contributed by atoms with Crippen molar-refractivity contribution in [1.82, 2.24) is 5.32 Å². The molecule has 2 aromatic rings. The van der Waals surface area contributed by atoms with Gasteiger partial charge in [-0.15, -0.1) is 0 Å². The van der Waals surface area contributed by atoms with Gasteiger partial charge in [0.2, 0.25) is 0 Å². The zero-order valence-electron chi connectivity index (χ0n) is 14.2. The lowest BCUT2D eigenvalue weighted by atomic mass is 9.99. The van der Waals surface area contributed by atoms with Gasteiger partial charge in [-0.1, -0.05) is 42.5 Å². The van der Waals surface area contributed by atoms with Crippen LogP contribution in [0.3, 0.4) is 0 Å². The van der Waals surface area contributed by atoms with Gasteiger partial charge in [0.05, 0.1) is 10.5 Å². The van der Waals surface area contributed by atoms with Gasteiger partial charge in [-0.2, -0.15) is 0 Å². The lowest BCUT2D eigenvalue weighted by Crippen LogP contribution is -2.36. The number of carbonyl (C=O) groups is 1. The number of benzene rings is 2. The number of aliphatic hydroxyl groups excluding tert-OH is 2. The van der Waals surface area contributed by atoms with Crippen LogP contribution >= 0.6 is 0 Å². The molecule has 0 saturated carbocycles. The molecule has 0 aromatic heterocycles. The van der Waals surface area contributed by atoms with Gasteiger partial charge in [0, 0.05) is 12.1 Å². The molecule has 26 heavy (non-hydrogen) atoms. The molecule has 0 aliphatic carbocycles. The number of aryl methyl sites for hydroxylation is 1. The van der Waals surface area contributed by atoms with Crippen LogP contribution in [-0.4, -0.2) is 33.9 Å². The minimum Gasteiger partial charge on any atom is -0.445 e. The van der Waals surface area contributed by atoms with E-state index in [4.69, 9.17) is 4.74 Å². The van der Waals surface area contributed by atoms with Gasteiger partial charge in [-0.25, -0.2) is 4.79 Å². The van der Waals surface area contributed by atoms with Crippen molar-refractivity contribution in [1.29, 1.82) is 0 Å². The van der Waals surface area contributed by atoms with Gasteiger partial charge >= 0.3 is 6.09 Å². The Hall–Kier alpha value is -2.97. The lowest BCUT2D eigenvalue weighted by Gasteiger charge is -2.19. The Labute approximate surface area is 150 Å². The van der Waals surface area contributed by atoms with Crippen LogP contribution in [0.4, 0.5) is 10.5 Å². The molecule has 0 aliphatic rings. The molecule has 2 rings (SSSR count). The number of nitro groups is 1. The largest absolute Gasteiger partial charge is 0.445 e. The monoisotopic (exact) mass is 360 g/mol. The third kappa shape index (κ3) is 5.01. The summed E-state index contributed by atoms with van der Waals surface area (Å²) in [6.07, 6.45) is -3.72. The summed E-state index contributed by atoms with van der Waals surface area (Å²) in [5.41, 5.74) is 0.903. The van der Waals surface area contributed by atoms with Crippen LogP contribution in [-0.2, 0) is 11.3 Å². The van der Waals surface area contributed by atoms with Crippen molar-refractivity contribution in [2.45, 2.75) is 25.7 Å². The van der Waals surface area contributed by atoms with E-state index in [0.717, 1.165) is 5.56 Å². The maximum Gasteiger partial charge on any atom is 0.407 e. The first-order valence-electron chi connectivity index (χ1n) is 7.94. The Morgan fingerprint density at radius 2 is 1.88 bits per heavy atom. The second kappa shape index (κ2) is 8.93. The third-order valence-electron chi connectivity index (χ3n) is 3.80. The van der Waals surface area contributed by atoms with Crippen LogP contribution in [0.5, 0.6) is 0 Å². The molecule has 0 bridgehead atoms. The second-order valence-corrected chi connectivity index (χ2v) is 5.72. The topological polar surface area (TPSA) is 122 Å². The van der Waals surface area contributed by atoms with E-state index in [9.17, 15) is 25.1 Å². The molecule has 2 aromatic carbocycles. The quantitative estimate of drug-likeness (QED) is 0.514. The molecule has 2 atom stereocenters. The number of nitrogens with zero attached hydrogens (tertiary/aromatic N) is 1. The van der Waals surface area contributed by atoms with Crippen molar-refractivity contribution >= 4 is 11.8 Å². The zero-order valence-corrected chi connectivity index (χ0v) is 14.2. The molecule has 0 saturated heterocycles. The number of aliphatic hydroxyl groups is 2. The highest BCUT2D eigenvalue weighted by atomic mass is 16.6. The summed E-state index contributed by atoms with van der Waals surface area (Å²) in [6.45, 7) is 1.29. The number of ether oxygens (including phenoxy) is 1. The highest BCUT2D eigenvalue weighted by molar-refractivity contribution is 5.67. The van der Waals surface area contributed by atoms with E-state index in [2.05, 4.69) is 5.32 Å². The van der Waals surface area contributed by atoms with E-state index >= 15 is 0 Å². The predicted octanol–water partition coefficient (Wildman–Crippen LogP) is 2.22. The molecule has 2 unspecified atom stereocenters.